The minimum atomic E-state index is -0.761. The third-order valence-corrected chi connectivity index (χ3v) is 4.63. The lowest BCUT2D eigenvalue weighted by Crippen LogP contribution is -2.46. The van der Waals surface area contributed by atoms with E-state index in [0.717, 1.165) is 0 Å². The monoisotopic (exact) mass is 398 g/mol. The number of methoxy groups -OCH3 is 1. The Labute approximate surface area is 167 Å². The number of rotatable bonds is 7. The van der Waals surface area contributed by atoms with Crippen LogP contribution in [-0.2, 0) is 28.7 Å². The van der Waals surface area contributed by atoms with Crippen LogP contribution in [0, 0.1) is 17.3 Å². The van der Waals surface area contributed by atoms with Gasteiger partial charge in [0.1, 0.15) is 6.04 Å². The molecule has 1 aliphatic heterocycles. The average molecular weight is 399 g/mol. The summed E-state index contributed by atoms with van der Waals surface area (Å²) in [4.78, 5) is 50.1. The van der Waals surface area contributed by atoms with E-state index < -0.39 is 35.9 Å². The maximum atomic E-state index is 12.3. The lowest BCUT2D eigenvalue weighted by atomic mass is 9.91. The van der Waals surface area contributed by atoms with E-state index in [4.69, 9.17) is 9.47 Å². The Balaban J connectivity index is 2.45. The molecule has 28 heavy (non-hydrogen) atoms. The standard InChI is InChI=1S/C20H34N2O6/c1-13(2)11-15(18(25)27-6)21-16(23)12-28-17(24)14-7-9-22(10-8-14)19(26)20(3,4)5/h13-15H,7-12H2,1-6H3,(H,21,23). The molecule has 8 nitrogen and oxygen atoms in total. The Morgan fingerprint density at radius 1 is 1.11 bits per heavy atom. The molecule has 1 heterocycles. The predicted octanol–water partition coefficient (Wildman–Crippen LogP) is 1.52. The fourth-order valence-corrected chi connectivity index (χ4v) is 3.11. The summed E-state index contributed by atoms with van der Waals surface area (Å²) in [5, 5.41) is 2.55. The van der Waals surface area contributed by atoms with Crippen LogP contribution in [0.15, 0.2) is 0 Å². The van der Waals surface area contributed by atoms with Crippen LogP contribution >= 0.6 is 0 Å². The maximum absolute atomic E-state index is 12.3. The first-order valence-electron chi connectivity index (χ1n) is 9.79. The van der Waals surface area contributed by atoms with Gasteiger partial charge < -0.3 is 19.7 Å². The minimum absolute atomic E-state index is 0.0673. The van der Waals surface area contributed by atoms with Crippen molar-refractivity contribution >= 4 is 23.8 Å². The van der Waals surface area contributed by atoms with Crippen molar-refractivity contribution in [3.8, 4) is 0 Å². The summed E-state index contributed by atoms with van der Waals surface area (Å²) < 4.78 is 9.81. The molecular weight excluding hydrogens is 364 g/mol. The number of likely N-dealkylation sites (tertiary alicyclic amines) is 1. The third-order valence-electron chi connectivity index (χ3n) is 4.63. The minimum Gasteiger partial charge on any atom is -0.467 e. The zero-order valence-corrected chi connectivity index (χ0v) is 17.9. The van der Waals surface area contributed by atoms with E-state index >= 15 is 0 Å². The number of nitrogens with one attached hydrogen (secondary N) is 1. The molecule has 0 aromatic rings. The second-order valence-corrected chi connectivity index (χ2v) is 8.70. The van der Waals surface area contributed by atoms with Gasteiger partial charge in [0.15, 0.2) is 6.61 Å². The van der Waals surface area contributed by atoms with Crippen LogP contribution in [-0.4, -0.2) is 61.5 Å². The molecule has 160 valence electrons. The summed E-state index contributed by atoms with van der Waals surface area (Å²) in [6, 6.07) is -0.761. The molecule has 0 aromatic carbocycles. The van der Waals surface area contributed by atoms with E-state index in [1.54, 1.807) is 4.90 Å². The Morgan fingerprint density at radius 3 is 2.14 bits per heavy atom. The van der Waals surface area contributed by atoms with Crippen molar-refractivity contribution in [1.82, 2.24) is 10.2 Å². The second kappa shape index (κ2) is 10.4. The third kappa shape index (κ3) is 7.48. The molecule has 0 saturated carbocycles. The van der Waals surface area contributed by atoms with Crippen LogP contribution in [0.1, 0.15) is 53.9 Å². The highest BCUT2D eigenvalue weighted by molar-refractivity contribution is 5.86. The number of carbonyl (C=O) groups is 4. The topological polar surface area (TPSA) is 102 Å². The fraction of sp³-hybridized carbons (Fsp3) is 0.800. The highest BCUT2D eigenvalue weighted by Gasteiger charge is 2.33. The van der Waals surface area contributed by atoms with Gasteiger partial charge in [0.05, 0.1) is 13.0 Å². The van der Waals surface area contributed by atoms with Gasteiger partial charge in [-0.15, -0.1) is 0 Å². The van der Waals surface area contributed by atoms with E-state index in [9.17, 15) is 19.2 Å². The zero-order chi connectivity index (χ0) is 21.5. The van der Waals surface area contributed by atoms with Crippen LogP contribution in [0.4, 0.5) is 0 Å². The number of nitrogens with zero attached hydrogens (tertiary/aromatic N) is 1. The fourth-order valence-electron chi connectivity index (χ4n) is 3.11. The number of hydrogen-bond acceptors (Lipinski definition) is 6. The van der Waals surface area contributed by atoms with Gasteiger partial charge in [0.25, 0.3) is 5.91 Å². The first-order valence-corrected chi connectivity index (χ1v) is 9.79. The first kappa shape index (κ1) is 23.9. The molecular formula is C20H34N2O6. The van der Waals surface area contributed by atoms with E-state index in [2.05, 4.69) is 5.32 Å². The molecule has 0 spiro atoms. The summed E-state index contributed by atoms with van der Waals surface area (Å²) in [5.41, 5.74) is -0.447. The van der Waals surface area contributed by atoms with Crippen LogP contribution in [0.5, 0.6) is 0 Å². The van der Waals surface area contributed by atoms with Crippen molar-refractivity contribution in [1.29, 1.82) is 0 Å². The van der Waals surface area contributed by atoms with Gasteiger partial charge in [-0.25, -0.2) is 4.79 Å². The molecule has 1 unspecified atom stereocenters. The number of ether oxygens (including phenoxy) is 2. The summed E-state index contributed by atoms with van der Waals surface area (Å²) in [5.74, 6) is -1.58. The number of esters is 2. The van der Waals surface area contributed by atoms with E-state index in [1.807, 2.05) is 34.6 Å². The Hall–Kier alpha value is -2.12. The van der Waals surface area contributed by atoms with Gasteiger partial charge in [0, 0.05) is 18.5 Å². The van der Waals surface area contributed by atoms with Gasteiger partial charge in [-0.05, 0) is 25.2 Å². The lowest BCUT2D eigenvalue weighted by Gasteiger charge is -2.34. The number of piperidine rings is 1. The van der Waals surface area contributed by atoms with Crippen molar-refractivity contribution < 1.29 is 28.7 Å². The molecule has 0 radical (unpaired) electrons. The molecule has 1 atom stereocenters. The van der Waals surface area contributed by atoms with Crippen molar-refractivity contribution in [3.05, 3.63) is 0 Å². The quantitative estimate of drug-likeness (QED) is 0.653. The normalized spacial score (nSPS) is 16.5. The van der Waals surface area contributed by atoms with Gasteiger partial charge in [-0.3, -0.25) is 14.4 Å². The molecule has 8 heteroatoms. The van der Waals surface area contributed by atoms with Crippen LogP contribution < -0.4 is 5.32 Å². The highest BCUT2D eigenvalue weighted by Crippen LogP contribution is 2.24. The Kier molecular flexibility index (Phi) is 8.91. The highest BCUT2D eigenvalue weighted by atomic mass is 16.5. The lowest BCUT2D eigenvalue weighted by molar-refractivity contribution is -0.156. The largest absolute Gasteiger partial charge is 0.467 e. The predicted molar refractivity (Wildman–Crippen MR) is 103 cm³/mol. The average Bonchev–Trinajstić information content (AvgIpc) is 2.63. The molecule has 2 amide bonds. The molecule has 1 saturated heterocycles. The van der Waals surface area contributed by atoms with Gasteiger partial charge in [-0.2, -0.15) is 0 Å². The number of carbonyl (C=O) groups excluding carboxylic acids is 4. The van der Waals surface area contributed by atoms with Gasteiger partial charge in [0.2, 0.25) is 5.91 Å². The molecule has 0 aliphatic carbocycles. The summed E-state index contributed by atoms with van der Waals surface area (Å²) in [6.07, 6.45) is 1.47. The zero-order valence-electron chi connectivity index (χ0n) is 17.9. The Bertz CT molecular complexity index is 574. The summed E-state index contributed by atoms with van der Waals surface area (Å²) in [6.45, 7) is 10.0. The number of hydrogen-bond donors (Lipinski definition) is 1. The summed E-state index contributed by atoms with van der Waals surface area (Å²) >= 11 is 0. The molecule has 0 aromatic heterocycles. The summed E-state index contributed by atoms with van der Waals surface area (Å²) in [7, 11) is 1.26. The van der Waals surface area contributed by atoms with Crippen LogP contribution in [0.3, 0.4) is 0 Å². The molecule has 1 aliphatic rings. The SMILES string of the molecule is COC(=O)C(CC(C)C)NC(=O)COC(=O)C1CCN(C(=O)C(C)(C)C)CC1. The number of amides is 2. The van der Waals surface area contributed by atoms with Crippen molar-refractivity contribution in [2.45, 2.75) is 59.9 Å². The Morgan fingerprint density at radius 2 is 1.68 bits per heavy atom. The van der Waals surface area contributed by atoms with Gasteiger partial charge in [-0.1, -0.05) is 34.6 Å². The van der Waals surface area contributed by atoms with E-state index in [1.165, 1.54) is 7.11 Å². The second-order valence-electron chi connectivity index (χ2n) is 8.70. The molecule has 1 rings (SSSR count). The molecule has 1 fully saturated rings. The molecule has 0 bridgehead atoms. The van der Waals surface area contributed by atoms with E-state index in [-0.39, 0.29) is 17.7 Å². The maximum Gasteiger partial charge on any atom is 0.328 e. The van der Waals surface area contributed by atoms with Crippen LogP contribution in [0.2, 0.25) is 0 Å². The van der Waals surface area contributed by atoms with Gasteiger partial charge >= 0.3 is 11.9 Å². The molecule has 1 N–H and O–H groups in total. The van der Waals surface area contributed by atoms with Crippen molar-refractivity contribution in [3.63, 3.8) is 0 Å². The van der Waals surface area contributed by atoms with Crippen LogP contribution in [0.25, 0.3) is 0 Å². The smallest absolute Gasteiger partial charge is 0.328 e. The van der Waals surface area contributed by atoms with E-state index in [0.29, 0.717) is 32.4 Å². The van der Waals surface area contributed by atoms with Crippen molar-refractivity contribution in [2.24, 2.45) is 17.3 Å². The first-order chi connectivity index (χ1) is 13.0. The van der Waals surface area contributed by atoms with Crippen molar-refractivity contribution in [2.75, 3.05) is 26.8 Å².